The summed E-state index contributed by atoms with van der Waals surface area (Å²) in [6, 6.07) is 15.7. The van der Waals surface area contributed by atoms with Crippen LogP contribution in [0.1, 0.15) is 24.0 Å². The minimum Gasteiger partial charge on any atom is -0.293 e. The van der Waals surface area contributed by atoms with Crippen LogP contribution in [-0.2, 0) is 11.2 Å². The van der Waals surface area contributed by atoms with Gasteiger partial charge in [-0.2, -0.15) is 4.98 Å². The first-order chi connectivity index (χ1) is 12.1. The number of aryl methyl sites for hydroxylation is 2. The summed E-state index contributed by atoms with van der Waals surface area (Å²) in [6.07, 6.45) is 2.06. The molecule has 1 heterocycles. The lowest BCUT2D eigenvalue weighted by Crippen LogP contribution is -2.12. The van der Waals surface area contributed by atoms with Gasteiger partial charge >= 0.3 is 0 Å². The number of anilines is 1. The second-order valence-electron chi connectivity index (χ2n) is 5.87. The van der Waals surface area contributed by atoms with Gasteiger partial charge in [-0.25, -0.2) is 0 Å². The molecular weight excluding hydrogens is 336 g/mol. The lowest BCUT2D eigenvalue weighted by molar-refractivity contribution is -0.116. The maximum absolute atomic E-state index is 12.0. The summed E-state index contributed by atoms with van der Waals surface area (Å²) in [4.78, 5) is 16.3. The molecule has 0 atom stereocenters. The number of H-pyrrole nitrogens is 1. The molecule has 0 aliphatic rings. The number of hydrogen-bond acceptors (Lipinski definition) is 3. The fraction of sp³-hybridized carbons (Fsp3) is 0.211. The minimum atomic E-state index is -0.100. The van der Waals surface area contributed by atoms with Crippen molar-refractivity contribution in [2.24, 2.45) is 0 Å². The zero-order valence-electron chi connectivity index (χ0n) is 13.9. The van der Waals surface area contributed by atoms with Gasteiger partial charge in [0.25, 0.3) is 0 Å². The van der Waals surface area contributed by atoms with Crippen molar-refractivity contribution >= 4 is 23.5 Å². The van der Waals surface area contributed by atoms with Gasteiger partial charge < -0.3 is 0 Å². The van der Waals surface area contributed by atoms with E-state index in [-0.39, 0.29) is 11.9 Å². The number of aromatic nitrogens is 3. The van der Waals surface area contributed by atoms with Gasteiger partial charge in [0.15, 0.2) is 5.82 Å². The van der Waals surface area contributed by atoms with E-state index >= 15 is 0 Å². The average Bonchev–Trinajstić information content (AvgIpc) is 3.05. The van der Waals surface area contributed by atoms with Crippen molar-refractivity contribution < 1.29 is 4.79 Å². The second-order valence-corrected chi connectivity index (χ2v) is 6.28. The molecule has 0 unspecified atom stereocenters. The van der Waals surface area contributed by atoms with Crippen molar-refractivity contribution in [3.8, 4) is 11.4 Å². The summed E-state index contributed by atoms with van der Waals surface area (Å²) < 4.78 is 0. The standard InChI is InChI=1S/C19H19ClN4O/c1-13-9-11-14(12-10-13)5-4-8-17(25)21-19-22-18(23-24-19)15-6-2-3-7-16(15)20/h2-3,6-7,9-12H,4-5,8H2,1H3,(H2,21,22,23,24,25). The molecule has 128 valence electrons. The third-order valence-corrected chi connectivity index (χ3v) is 4.19. The predicted molar refractivity (Wildman–Crippen MR) is 99.6 cm³/mol. The molecular formula is C19H19ClN4O. The van der Waals surface area contributed by atoms with Crippen LogP contribution in [0.2, 0.25) is 5.02 Å². The molecule has 5 nitrogen and oxygen atoms in total. The third kappa shape index (κ3) is 4.67. The van der Waals surface area contributed by atoms with E-state index in [4.69, 9.17) is 11.6 Å². The molecule has 0 fully saturated rings. The van der Waals surface area contributed by atoms with Gasteiger partial charge in [0.2, 0.25) is 11.9 Å². The van der Waals surface area contributed by atoms with Crippen LogP contribution in [0.4, 0.5) is 5.95 Å². The summed E-state index contributed by atoms with van der Waals surface area (Å²) >= 11 is 6.14. The zero-order valence-corrected chi connectivity index (χ0v) is 14.7. The highest BCUT2D eigenvalue weighted by atomic mass is 35.5. The number of hydrogen-bond donors (Lipinski definition) is 2. The molecule has 0 spiro atoms. The number of benzene rings is 2. The van der Waals surface area contributed by atoms with Gasteiger partial charge in [-0.1, -0.05) is 53.6 Å². The Balaban J connectivity index is 1.52. The third-order valence-electron chi connectivity index (χ3n) is 3.86. The van der Waals surface area contributed by atoms with Crippen LogP contribution in [0.25, 0.3) is 11.4 Å². The van der Waals surface area contributed by atoms with Crippen LogP contribution in [0.15, 0.2) is 48.5 Å². The molecule has 3 aromatic rings. The molecule has 6 heteroatoms. The van der Waals surface area contributed by atoms with Gasteiger partial charge in [0.05, 0.1) is 5.02 Å². The van der Waals surface area contributed by atoms with E-state index in [9.17, 15) is 4.79 Å². The van der Waals surface area contributed by atoms with Crippen LogP contribution < -0.4 is 5.32 Å². The van der Waals surface area contributed by atoms with E-state index in [2.05, 4.69) is 51.7 Å². The maximum atomic E-state index is 12.0. The first-order valence-electron chi connectivity index (χ1n) is 8.14. The van der Waals surface area contributed by atoms with E-state index in [1.54, 1.807) is 6.07 Å². The quantitative estimate of drug-likeness (QED) is 0.689. The van der Waals surface area contributed by atoms with Crippen LogP contribution in [0.5, 0.6) is 0 Å². The molecule has 0 aliphatic heterocycles. The van der Waals surface area contributed by atoms with Crippen LogP contribution in [-0.4, -0.2) is 21.1 Å². The molecule has 25 heavy (non-hydrogen) atoms. The van der Waals surface area contributed by atoms with Crippen molar-refractivity contribution in [1.82, 2.24) is 15.2 Å². The highest BCUT2D eigenvalue weighted by molar-refractivity contribution is 6.33. The minimum absolute atomic E-state index is 0.100. The number of carbonyl (C=O) groups excluding carboxylic acids is 1. The molecule has 0 bridgehead atoms. The Morgan fingerprint density at radius 2 is 1.92 bits per heavy atom. The Morgan fingerprint density at radius 1 is 1.16 bits per heavy atom. The van der Waals surface area contributed by atoms with E-state index < -0.39 is 0 Å². The molecule has 0 aliphatic carbocycles. The van der Waals surface area contributed by atoms with E-state index in [0.29, 0.717) is 17.3 Å². The summed E-state index contributed by atoms with van der Waals surface area (Å²) in [5.41, 5.74) is 3.22. The first kappa shape index (κ1) is 17.2. The smallest absolute Gasteiger partial charge is 0.249 e. The van der Waals surface area contributed by atoms with Crippen LogP contribution >= 0.6 is 11.6 Å². The molecule has 2 aromatic carbocycles. The average molecular weight is 355 g/mol. The largest absolute Gasteiger partial charge is 0.293 e. The van der Waals surface area contributed by atoms with E-state index in [1.807, 2.05) is 18.2 Å². The predicted octanol–water partition coefficient (Wildman–Crippen LogP) is 4.39. The molecule has 2 N–H and O–H groups in total. The molecule has 1 amide bonds. The number of nitrogens with zero attached hydrogens (tertiary/aromatic N) is 2. The summed E-state index contributed by atoms with van der Waals surface area (Å²) in [5.74, 6) is 0.688. The normalized spacial score (nSPS) is 10.6. The molecule has 0 radical (unpaired) electrons. The summed E-state index contributed by atoms with van der Waals surface area (Å²) in [7, 11) is 0. The number of aromatic amines is 1. The lowest BCUT2D eigenvalue weighted by Gasteiger charge is -2.02. The second kappa shape index (κ2) is 7.94. The van der Waals surface area contributed by atoms with Crippen LogP contribution in [0, 0.1) is 6.92 Å². The molecule has 0 saturated carbocycles. The molecule has 1 aromatic heterocycles. The number of rotatable bonds is 6. The summed E-state index contributed by atoms with van der Waals surface area (Å²) in [6.45, 7) is 2.06. The fourth-order valence-corrected chi connectivity index (χ4v) is 2.71. The van der Waals surface area contributed by atoms with E-state index in [1.165, 1.54) is 11.1 Å². The Kier molecular flexibility index (Phi) is 5.46. The number of amides is 1. The van der Waals surface area contributed by atoms with Gasteiger partial charge in [0.1, 0.15) is 0 Å². The number of carbonyl (C=O) groups is 1. The topological polar surface area (TPSA) is 70.7 Å². The Morgan fingerprint density at radius 3 is 2.68 bits per heavy atom. The van der Waals surface area contributed by atoms with Gasteiger partial charge in [-0.15, -0.1) is 5.10 Å². The molecule has 3 rings (SSSR count). The fourth-order valence-electron chi connectivity index (χ4n) is 2.49. The monoisotopic (exact) mass is 354 g/mol. The van der Waals surface area contributed by atoms with Gasteiger partial charge in [-0.05, 0) is 37.5 Å². The van der Waals surface area contributed by atoms with Crippen molar-refractivity contribution in [2.45, 2.75) is 26.2 Å². The van der Waals surface area contributed by atoms with Crippen molar-refractivity contribution in [3.05, 3.63) is 64.7 Å². The van der Waals surface area contributed by atoms with Gasteiger partial charge in [-0.3, -0.25) is 15.2 Å². The first-order valence-corrected chi connectivity index (χ1v) is 8.52. The van der Waals surface area contributed by atoms with Crippen molar-refractivity contribution in [2.75, 3.05) is 5.32 Å². The highest BCUT2D eigenvalue weighted by Gasteiger charge is 2.11. The van der Waals surface area contributed by atoms with Gasteiger partial charge in [0, 0.05) is 12.0 Å². The van der Waals surface area contributed by atoms with Crippen LogP contribution in [0.3, 0.4) is 0 Å². The SMILES string of the molecule is Cc1ccc(CCCC(=O)Nc2n[nH]c(-c3ccccc3Cl)n2)cc1. The summed E-state index contributed by atoms with van der Waals surface area (Å²) in [5, 5.41) is 10.1. The highest BCUT2D eigenvalue weighted by Crippen LogP contribution is 2.24. The molecule has 0 saturated heterocycles. The number of halogens is 1. The lowest BCUT2D eigenvalue weighted by atomic mass is 10.1. The van der Waals surface area contributed by atoms with Crippen molar-refractivity contribution in [1.29, 1.82) is 0 Å². The Hall–Kier alpha value is -2.66. The van der Waals surface area contributed by atoms with Crippen molar-refractivity contribution in [3.63, 3.8) is 0 Å². The Labute approximate surface area is 151 Å². The Bertz CT molecular complexity index is 858. The number of nitrogens with one attached hydrogen (secondary N) is 2. The zero-order chi connectivity index (χ0) is 17.6. The van der Waals surface area contributed by atoms with E-state index in [0.717, 1.165) is 18.4 Å². The maximum Gasteiger partial charge on any atom is 0.249 e.